The summed E-state index contributed by atoms with van der Waals surface area (Å²) >= 11 is 1.69. The maximum absolute atomic E-state index is 12.7. The fourth-order valence-electron chi connectivity index (χ4n) is 2.21. The summed E-state index contributed by atoms with van der Waals surface area (Å²) in [5.41, 5.74) is -0.315. The highest BCUT2D eigenvalue weighted by atomic mass is 32.2. The van der Waals surface area contributed by atoms with Gasteiger partial charge in [-0.2, -0.15) is 11.8 Å². The molecule has 0 unspecified atom stereocenters. The minimum atomic E-state index is -0.710. The van der Waals surface area contributed by atoms with Crippen molar-refractivity contribution in [2.24, 2.45) is 0 Å². The SMILES string of the molecule is C#CCN(C(=O)c1cc(C(=O)OCC)cc([N+](=O)[O-])c1)C1CSC1. The van der Waals surface area contributed by atoms with E-state index < -0.39 is 16.8 Å². The van der Waals surface area contributed by atoms with E-state index in [1.807, 2.05) is 0 Å². The molecular formula is C16H16N2O5S. The number of nitro benzene ring substituents is 1. The highest BCUT2D eigenvalue weighted by Crippen LogP contribution is 2.26. The van der Waals surface area contributed by atoms with Gasteiger partial charge in [0.15, 0.2) is 0 Å². The number of esters is 1. The number of non-ortho nitro benzene ring substituents is 1. The van der Waals surface area contributed by atoms with Crippen LogP contribution in [0.25, 0.3) is 0 Å². The van der Waals surface area contributed by atoms with Crippen molar-refractivity contribution in [3.05, 3.63) is 39.4 Å². The van der Waals surface area contributed by atoms with Crippen LogP contribution in [-0.4, -0.2) is 52.4 Å². The van der Waals surface area contributed by atoms with Crippen molar-refractivity contribution < 1.29 is 19.2 Å². The fourth-order valence-corrected chi connectivity index (χ4v) is 3.01. The van der Waals surface area contributed by atoms with Gasteiger partial charge in [-0.25, -0.2) is 4.79 Å². The van der Waals surface area contributed by atoms with Gasteiger partial charge >= 0.3 is 5.97 Å². The second-order valence-electron chi connectivity index (χ2n) is 5.07. The third kappa shape index (κ3) is 3.86. The zero-order valence-electron chi connectivity index (χ0n) is 13.1. The summed E-state index contributed by atoms with van der Waals surface area (Å²) in [7, 11) is 0. The van der Waals surface area contributed by atoms with Gasteiger partial charge in [0.25, 0.3) is 11.6 Å². The van der Waals surface area contributed by atoms with Gasteiger partial charge in [-0.1, -0.05) is 5.92 Å². The molecule has 0 saturated carbocycles. The molecule has 7 nitrogen and oxygen atoms in total. The average Bonchev–Trinajstić information content (AvgIpc) is 2.51. The summed E-state index contributed by atoms with van der Waals surface area (Å²) in [6.07, 6.45) is 5.32. The van der Waals surface area contributed by atoms with Crippen LogP contribution in [0.4, 0.5) is 5.69 Å². The second kappa shape index (κ2) is 7.84. The van der Waals surface area contributed by atoms with Crippen LogP contribution >= 0.6 is 11.8 Å². The topological polar surface area (TPSA) is 89.8 Å². The number of amides is 1. The first-order valence-electron chi connectivity index (χ1n) is 7.26. The first-order valence-corrected chi connectivity index (χ1v) is 8.42. The standard InChI is InChI=1S/C16H16N2O5S/c1-3-5-17(14-9-24-10-14)15(19)11-6-12(16(20)23-4-2)8-13(7-11)18(21)22/h1,6-8,14H,4-5,9-10H2,2H3. The van der Waals surface area contributed by atoms with Crippen molar-refractivity contribution >= 4 is 29.3 Å². The Morgan fingerprint density at radius 2 is 2.08 bits per heavy atom. The number of nitrogens with zero attached hydrogens (tertiary/aromatic N) is 2. The van der Waals surface area contributed by atoms with E-state index >= 15 is 0 Å². The van der Waals surface area contributed by atoms with Crippen LogP contribution in [-0.2, 0) is 4.74 Å². The van der Waals surface area contributed by atoms with Crippen LogP contribution in [0.15, 0.2) is 18.2 Å². The number of carbonyl (C=O) groups is 2. The highest BCUT2D eigenvalue weighted by molar-refractivity contribution is 8.00. The molecule has 1 aromatic carbocycles. The highest BCUT2D eigenvalue weighted by Gasteiger charge is 2.30. The summed E-state index contributed by atoms with van der Waals surface area (Å²) in [6.45, 7) is 1.87. The minimum Gasteiger partial charge on any atom is -0.462 e. The molecule has 0 N–H and O–H groups in total. The first kappa shape index (κ1) is 17.8. The van der Waals surface area contributed by atoms with E-state index in [0.717, 1.165) is 23.6 Å². The zero-order chi connectivity index (χ0) is 17.7. The molecule has 8 heteroatoms. The summed E-state index contributed by atoms with van der Waals surface area (Å²) in [6, 6.07) is 3.56. The number of hydrogen-bond donors (Lipinski definition) is 0. The molecular weight excluding hydrogens is 332 g/mol. The van der Waals surface area contributed by atoms with Crippen molar-refractivity contribution in [2.75, 3.05) is 24.7 Å². The lowest BCUT2D eigenvalue weighted by atomic mass is 10.1. The fraction of sp³-hybridized carbons (Fsp3) is 0.375. The molecule has 0 spiro atoms. The van der Waals surface area contributed by atoms with E-state index in [1.165, 1.54) is 11.0 Å². The normalized spacial score (nSPS) is 13.5. The van der Waals surface area contributed by atoms with Gasteiger partial charge in [-0.05, 0) is 13.0 Å². The summed E-state index contributed by atoms with van der Waals surface area (Å²) in [5, 5.41) is 11.1. The van der Waals surface area contributed by atoms with E-state index in [4.69, 9.17) is 11.2 Å². The Labute approximate surface area is 143 Å². The summed E-state index contributed by atoms with van der Waals surface area (Å²) in [5.74, 6) is 2.84. The summed E-state index contributed by atoms with van der Waals surface area (Å²) < 4.78 is 4.86. The molecule has 1 saturated heterocycles. The lowest BCUT2D eigenvalue weighted by Crippen LogP contribution is -2.48. The van der Waals surface area contributed by atoms with Crippen molar-refractivity contribution in [3.63, 3.8) is 0 Å². The Morgan fingerprint density at radius 1 is 1.42 bits per heavy atom. The molecule has 0 aliphatic carbocycles. The molecule has 126 valence electrons. The minimum absolute atomic E-state index is 0.00357. The largest absolute Gasteiger partial charge is 0.462 e. The number of nitro groups is 1. The third-order valence-corrected chi connectivity index (χ3v) is 4.71. The van der Waals surface area contributed by atoms with Gasteiger partial charge in [-0.15, -0.1) is 6.42 Å². The molecule has 1 fully saturated rings. The van der Waals surface area contributed by atoms with Crippen LogP contribution in [0.2, 0.25) is 0 Å². The first-order chi connectivity index (χ1) is 11.5. The maximum atomic E-state index is 12.7. The number of thioether (sulfide) groups is 1. The van der Waals surface area contributed by atoms with E-state index in [0.29, 0.717) is 0 Å². The predicted molar refractivity (Wildman–Crippen MR) is 90.0 cm³/mol. The predicted octanol–water partition coefficient (Wildman–Crippen LogP) is 1.96. The van der Waals surface area contributed by atoms with Gasteiger partial charge in [0.05, 0.1) is 29.7 Å². The molecule has 1 amide bonds. The van der Waals surface area contributed by atoms with E-state index in [1.54, 1.807) is 18.7 Å². The van der Waals surface area contributed by atoms with Crippen LogP contribution in [0.1, 0.15) is 27.6 Å². The monoisotopic (exact) mass is 348 g/mol. The van der Waals surface area contributed by atoms with Crippen molar-refractivity contribution in [1.29, 1.82) is 0 Å². The van der Waals surface area contributed by atoms with Crippen molar-refractivity contribution in [3.8, 4) is 12.3 Å². The lowest BCUT2D eigenvalue weighted by Gasteiger charge is -2.35. The van der Waals surface area contributed by atoms with Crippen LogP contribution < -0.4 is 0 Å². The maximum Gasteiger partial charge on any atom is 0.338 e. The molecule has 1 aliphatic rings. The van der Waals surface area contributed by atoms with E-state index in [9.17, 15) is 19.7 Å². The molecule has 0 radical (unpaired) electrons. The molecule has 24 heavy (non-hydrogen) atoms. The Hall–Kier alpha value is -2.53. The van der Waals surface area contributed by atoms with E-state index in [-0.39, 0.29) is 36.0 Å². The Balaban J connectivity index is 2.39. The number of rotatable bonds is 6. The Bertz CT molecular complexity index is 709. The number of benzene rings is 1. The molecule has 1 aromatic rings. The summed E-state index contributed by atoms with van der Waals surface area (Å²) in [4.78, 5) is 36.6. The van der Waals surface area contributed by atoms with Gasteiger partial charge in [0, 0.05) is 29.2 Å². The molecule has 0 atom stereocenters. The van der Waals surface area contributed by atoms with Gasteiger partial charge in [0.1, 0.15) is 0 Å². The molecule has 1 heterocycles. The number of ether oxygens (including phenoxy) is 1. The van der Waals surface area contributed by atoms with Crippen LogP contribution in [0.3, 0.4) is 0 Å². The Kier molecular flexibility index (Phi) is 5.82. The van der Waals surface area contributed by atoms with Gasteiger partial charge < -0.3 is 9.64 Å². The van der Waals surface area contributed by atoms with Crippen LogP contribution in [0, 0.1) is 22.5 Å². The van der Waals surface area contributed by atoms with Crippen LogP contribution in [0.5, 0.6) is 0 Å². The van der Waals surface area contributed by atoms with E-state index in [2.05, 4.69) is 5.92 Å². The zero-order valence-corrected chi connectivity index (χ0v) is 13.9. The molecule has 1 aliphatic heterocycles. The Morgan fingerprint density at radius 3 is 2.58 bits per heavy atom. The molecule has 0 aromatic heterocycles. The molecule has 2 rings (SSSR count). The number of terminal acetylenes is 1. The quantitative estimate of drug-likeness (QED) is 0.338. The molecule has 0 bridgehead atoms. The van der Waals surface area contributed by atoms with Gasteiger partial charge in [-0.3, -0.25) is 14.9 Å². The smallest absolute Gasteiger partial charge is 0.338 e. The lowest BCUT2D eigenvalue weighted by molar-refractivity contribution is -0.384. The number of carbonyl (C=O) groups excluding carboxylic acids is 2. The average molecular weight is 348 g/mol. The number of hydrogen-bond acceptors (Lipinski definition) is 6. The van der Waals surface area contributed by atoms with Crippen molar-refractivity contribution in [1.82, 2.24) is 4.90 Å². The van der Waals surface area contributed by atoms with Crippen molar-refractivity contribution in [2.45, 2.75) is 13.0 Å². The van der Waals surface area contributed by atoms with Gasteiger partial charge in [0.2, 0.25) is 0 Å². The third-order valence-electron chi connectivity index (χ3n) is 3.47. The second-order valence-corrected chi connectivity index (χ2v) is 6.15.